The molecule has 0 aliphatic carbocycles. The number of fused-ring (bicyclic) bond motifs is 1. The van der Waals surface area contributed by atoms with E-state index < -0.39 is 0 Å². The van der Waals surface area contributed by atoms with E-state index in [0.717, 1.165) is 0 Å². The van der Waals surface area contributed by atoms with Gasteiger partial charge >= 0.3 is 0 Å². The third-order valence-corrected chi connectivity index (χ3v) is 5.10. The summed E-state index contributed by atoms with van der Waals surface area (Å²) in [6.07, 6.45) is 0. The molecule has 1 heterocycles. The van der Waals surface area contributed by atoms with Crippen LogP contribution in [-0.2, 0) is 0 Å². The maximum atomic E-state index is 13.4. The molecule has 0 bridgehead atoms. The fourth-order valence-corrected chi connectivity index (χ4v) is 3.26. The Labute approximate surface area is 168 Å². The number of rotatable bonds is 2. The topological polar surface area (TPSA) is 34.9 Å². The average molecular weight is 420 g/mol. The molecule has 0 aliphatic rings. The molecule has 0 N–H and O–H groups in total. The van der Waals surface area contributed by atoms with Gasteiger partial charge in [-0.1, -0.05) is 34.8 Å². The molecule has 0 amide bonds. The van der Waals surface area contributed by atoms with Crippen molar-refractivity contribution in [2.75, 3.05) is 0 Å². The van der Waals surface area contributed by atoms with Crippen LogP contribution in [0.3, 0.4) is 0 Å². The van der Waals surface area contributed by atoms with E-state index >= 15 is 0 Å². The van der Waals surface area contributed by atoms with Crippen LogP contribution in [0.1, 0.15) is 0 Å². The predicted octanol–water partition coefficient (Wildman–Crippen LogP) is 6.15. The van der Waals surface area contributed by atoms with Gasteiger partial charge in [0, 0.05) is 16.0 Å². The third kappa shape index (κ3) is 3.32. The molecule has 134 valence electrons. The molecule has 0 aliphatic heterocycles. The minimum absolute atomic E-state index is 0.264. The van der Waals surface area contributed by atoms with Crippen molar-refractivity contribution in [1.29, 1.82) is 0 Å². The first-order valence-corrected chi connectivity index (χ1v) is 9.01. The lowest BCUT2D eigenvalue weighted by atomic mass is 10.0. The summed E-state index contributed by atoms with van der Waals surface area (Å²) in [4.78, 5) is 13.0. The monoisotopic (exact) mass is 418 g/mol. The first-order valence-electron chi connectivity index (χ1n) is 7.88. The molecule has 1 aromatic heterocycles. The second-order valence-corrected chi connectivity index (χ2v) is 7.11. The van der Waals surface area contributed by atoms with E-state index in [4.69, 9.17) is 34.8 Å². The third-order valence-electron chi connectivity index (χ3n) is 4.13. The van der Waals surface area contributed by atoms with Crippen molar-refractivity contribution < 1.29 is 4.39 Å². The van der Waals surface area contributed by atoms with E-state index in [1.807, 2.05) is 0 Å². The van der Waals surface area contributed by atoms with Crippen LogP contribution in [0.2, 0.25) is 15.1 Å². The molecule has 3 aromatic carbocycles. The Kier molecular flexibility index (Phi) is 4.64. The second-order valence-electron chi connectivity index (χ2n) is 5.86. The van der Waals surface area contributed by atoms with Gasteiger partial charge in [-0.2, -0.15) is 9.78 Å². The lowest BCUT2D eigenvalue weighted by Crippen LogP contribution is -2.22. The molecule has 0 saturated heterocycles. The highest BCUT2D eigenvalue weighted by atomic mass is 35.5. The summed E-state index contributed by atoms with van der Waals surface area (Å²) in [6.45, 7) is 0. The van der Waals surface area contributed by atoms with E-state index in [-0.39, 0.29) is 16.4 Å². The first-order chi connectivity index (χ1) is 12.9. The van der Waals surface area contributed by atoms with Gasteiger partial charge in [0.15, 0.2) is 0 Å². The number of aromatic nitrogens is 2. The Balaban J connectivity index is 2.10. The van der Waals surface area contributed by atoms with Gasteiger partial charge in [0.2, 0.25) is 0 Å². The van der Waals surface area contributed by atoms with Crippen molar-refractivity contribution >= 4 is 45.6 Å². The Morgan fingerprint density at radius 2 is 1.41 bits per heavy atom. The Hall–Kier alpha value is -2.40. The van der Waals surface area contributed by atoms with Gasteiger partial charge in [0.25, 0.3) is 5.56 Å². The van der Waals surface area contributed by atoms with Crippen molar-refractivity contribution in [1.82, 2.24) is 9.78 Å². The van der Waals surface area contributed by atoms with Crippen LogP contribution >= 0.6 is 34.8 Å². The molecule has 0 spiro atoms. The summed E-state index contributed by atoms with van der Waals surface area (Å²) in [5, 5.41) is 6.51. The lowest BCUT2D eigenvalue weighted by molar-refractivity contribution is 0.628. The van der Waals surface area contributed by atoms with Gasteiger partial charge in [0.1, 0.15) is 5.82 Å². The lowest BCUT2D eigenvalue weighted by Gasteiger charge is -2.12. The summed E-state index contributed by atoms with van der Waals surface area (Å²) >= 11 is 18.2. The number of halogens is 4. The zero-order valence-electron chi connectivity index (χ0n) is 13.6. The molecule has 27 heavy (non-hydrogen) atoms. The first kappa shape index (κ1) is 18.0. The van der Waals surface area contributed by atoms with Crippen molar-refractivity contribution in [2.45, 2.75) is 0 Å². The Morgan fingerprint density at radius 1 is 0.815 bits per heavy atom. The summed E-state index contributed by atoms with van der Waals surface area (Å²) in [6, 6.07) is 15.7. The molecule has 0 atom stereocenters. The van der Waals surface area contributed by atoms with Crippen LogP contribution in [0, 0.1) is 5.82 Å². The molecule has 0 fully saturated rings. The second kappa shape index (κ2) is 6.97. The maximum Gasteiger partial charge on any atom is 0.279 e. The minimum Gasteiger partial charge on any atom is -0.267 e. The quantitative estimate of drug-likeness (QED) is 0.390. The van der Waals surface area contributed by atoms with Gasteiger partial charge in [-0.3, -0.25) is 4.79 Å². The largest absolute Gasteiger partial charge is 0.279 e. The highest BCUT2D eigenvalue weighted by Gasteiger charge is 2.16. The van der Waals surface area contributed by atoms with Gasteiger partial charge in [-0.15, -0.1) is 0 Å². The van der Waals surface area contributed by atoms with Crippen molar-refractivity contribution in [3.05, 3.63) is 91.9 Å². The van der Waals surface area contributed by atoms with Gasteiger partial charge in [-0.05, 0) is 60.7 Å². The Morgan fingerprint density at radius 3 is 2.04 bits per heavy atom. The van der Waals surface area contributed by atoms with E-state index in [2.05, 4.69) is 5.10 Å². The SMILES string of the molecule is O=c1c2cc(Cl)c(Cl)cc2c(-c2ccc(F)cc2)nn1-c1ccc(Cl)cc1. The molecule has 3 nitrogen and oxygen atoms in total. The van der Waals surface area contributed by atoms with E-state index in [9.17, 15) is 9.18 Å². The van der Waals surface area contributed by atoms with Crippen molar-refractivity contribution in [3.63, 3.8) is 0 Å². The molecule has 4 aromatic rings. The van der Waals surface area contributed by atoms with Crippen LogP contribution in [-0.4, -0.2) is 9.78 Å². The highest BCUT2D eigenvalue weighted by molar-refractivity contribution is 6.43. The van der Waals surface area contributed by atoms with Crippen molar-refractivity contribution in [3.8, 4) is 16.9 Å². The van der Waals surface area contributed by atoms with Crippen LogP contribution in [0.5, 0.6) is 0 Å². The van der Waals surface area contributed by atoms with Gasteiger partial charge in [-0.25, -0.2) is 4.39 Å². The minimum atomic E-state index is -0.366. The number of hydrogen-bond acceptors (Lipinski definition) is 2. The average Bonchev–Trinajstić information content (AvgIpc) is 2.66. The molecular formula is C20H10Cl3FN2O. The predicted molar refractivity (Wildman–Crippen MR) is 108 cm³/mol. The van der Waals surface area contributed by atoms with Crippen LogP contribution < -0.4 is 5.56 Å². The summed E-state index contributed by atoms with van der Waals surface area (Å²) in [7, 11) is 0. The number of hydrogen-bond donors (Lipinski definition) is 0. The van der Waals surface area contributed by atoms with E-state index in [1.54, 1.807) is 42.5 Å². The standard InChI is InChI=1S/C20H10Cl3FN2O/c21-12-3-7-14(8-4-12)26-20(27)16-10-18(23)17(22)9-15(16)19(25-26)11-1-5-13(24)6-2-11/h1-10H. The van der Waals surface area contributed by atoms with E-state index in [0.29, 0.717) is 37.8 Å². The van der Waals surface area contributed by atoms with Gasteiger partial charge in [0.05, 0.1) is 26.8 Å². The summed E-state index contributed by atoms with van der Waals surface area (Å²) in [5.74, 6) is -0.366. The van der Waals surface area contributed by atoms with Crippen LogP contribution in [0.4, 0.5) is 4.39 Å². The maximum absolute atomic E-state index is 13.4. The zero-order chi connectivity index (χ0) is 19.1. The smallest absolute Gasteiger partial charge is 0.267 e. The zero-order valence-corrected chi connectivity index (χ0v) is 15.9. The fourth-order valence-electron chi connectivity index (χ4n) is 2.81. The Bertz CT molecular complexity index is 1220. The molecule has 4 rings (SSSR count). The fraction of sp³-hybridized carbons (Fsp3) is 0. The normalized spacial score (nSPS) is 11.1. The number of nitrogens with zero attached hydrogens (tertiary/aromatic N) is 2. The van der Waals surface area contributed by atoms with E-state index in [1.165, 1.54) is 22.9 Å². The summed E-state index contributed by atoms with van der Waals surface area (Å²) in [5.41, 5.74) is 1.32. The molecule has 0 saturated carbocycles. The molecular weight excluding hydrogens is 410 g/mol. The van der Waals surface area contributed by atoms with Gasteiger partial charge < -0.3 is 0 Å². The molecule has 0 radical (unpaired) electrons. The highest BCUT2D eigenvalue weighted by Crippen LogP contribution is 2.32. The number of benzene rings is 3. The molecule has 7 heteroatoms. The van der Waals surface area contributed by atoms with Crippen LogP contribution in [0.15, 0.2) is 65.5 Å². The van der Waals surface area contributed by atoms with Crippen LogP contribution in [0.25, 0.3) is 27.7 Å². The van der Waals surface area contributed by atoms with Crippen molar-refractivity contribution in [2.24, 2.45) is 0 Å². The molecule has 0 unspecified atom stereocenters. The summed E-state index contributed by atoms with van der Waals surface area (Å²) < 4.78 is 14.6.